The maximum Gasteiger partial charge on any atom is 0.245 e. The molecule has 1 aliphatic rings. The lowest BCUT2D eigenvalue weighted by Gasteiger charge is -2.35. The van der Waals surface area contributed by atoms with Gasteiger partial charge in [-0.1, -0.05) is 0 Å². The number of hydrogen-bond donors (Lipinski definition) is 1. The highest BCUT2D eigenvalue weighted by molar-refractivity contribution is 7.12. The summed E-state index contributed by atoms with van der Waals surface area (Å²) in [6.45, 7) is 4.14. The zero-order valence-electron chi connectivity index (χ0n) is 10.2. The van der Waals surface area contributed by atoms with Gasteiger partial charge in [0, 0.05) is 24.2 Å². The summed E-state index contributed by atoms with van der Waals surface area (Å²) in [6.07, 6.45) is 0.829. The number of anilines is 1. The summed E-state index contributed by atoms with van der Waals surface area (Å²) < 4.78 is 5.37. The third-order valence-corrected chi connectivity index (χ3v) is 3.68. The van der Waals surface area contributed by atoms with Crippen LogP contribution >= 0.6 is 11.3 Å². The minimum Gasteiger partial charge on any atom is -0.377 e. The number of likely N-dealkylation sites (N-methyl/N-ethyl adjacent to an activating group) is 1. The monoisotopic (exact) mass is 268 g/mol. The molecule has 0 spiro atoms. The van der Waals surface area contributed by atoms with Crippen molar-refractivity contribution in [3.8, 4) is 0 Å². The second-order valence-corrected chi connectivity index (χ2v) is 4.95. The first-order chi connectivity index (χ1) is 8.76. The van der Waals surface area contributed by atoms with Crippen molar-refractivity contribution in [2.75, 3.05) is 31.2 Å². The molecule has 1 aromatic heterocycles. The van der Waals surface area contributed by atoms with Crippen molar-refractivity contribution < 1.29 is 14.3 Å². The summed E-state index contributed by atoms with van der Waals surface area (Å²) in [6, 6.07) is 1.50. The van der Waals surface area contributed by atoms with Crippen LogP contribution in [0.25, 0.3) is 0 Å². The van der Waals surface area contributed by atoms with E-state index in [1.54, 1.807) is 0 Å². The molecule has 1 unspecified atom stereocenters. The lowest BCUT2D eigenvalue weighted by molar-refractivity contribution is -0.124. The molecule has 18 heavy (non-hydrogen) atoms. The highest BCUT2D eigenvalue weighted by atomic mass is 32.1. The molecule has 2 rings (SSSR count). The van der Waals surface area contributed by atoms with E-state index in [4.69, 9.17) is 4.74 Å². The number of amides is 1. The summed E-state index contributed by atoms with van der Waals surface area (Å²) in [5.74, 6) is -0.0314. The summed E-state index contributed by atoms with van der Waals surface area (Å²) in [7, 11) is 0. The van der Waals surface area contributed by atoms with Crippen molar-refractivity contribution in [2.24, 2.45) is 0 Å². The summed E-state index contributed by atoms with van der Waals surface area (Å²) in [5.41, 5.74) is 0.918. The van der Waals surface area contributed by atoms with E-state index < -0.39 is 0 Å². The number of carbonyl (C=O) groups excluding carboxylic acids is 2. The smallest absolute Gasteiger partial charge is 0.245 e. The molecule has 0 saturated carbocycles. The zero-order valence-corrected chi connectivity index (χ0v) is 11.0. The standard InChI is InChI=1S/C12H16N2O3S/c1-2-13-12(16)11-7-17-4-3-14(11)9-5-10(6-15)18-8-9/h5-6,8,11H,2-4,7H2,1H3,(H,13,16). The Hall–Kier alpha value is -1.40. The lowest BCUT2D eigenvalue weighted by atomic mass is 10.2. The molecule has 1 N–H and O–H groups in total. The molecule has 1 atom stereocenters. The Balaban J connectivity index is 2.16. The first kappa shape index (κ1) is 13.0. The SMILES string of the molecule is CCNC(=O)C1COCCN1c1csc(C=O)c1. The first-order valence-corrected chi connectivity index (χ1v) is 6.80. The van der Waals surface area contributed by atoms with Crippen LogP contribution in [0, 0.1) is 0 Å². The van der Waals surface area contributed by atoms with E-state index in [0.717, 1.165) is 12.0 Å². The van der Waals surface area contributed by atoms with Crippen LogP contribution in [0.1, 0.15) is 16.6 Å². The Labute approximate surface area is 110 Å². The van der Waals surface area contributed by atoms with Crippen LogP contribution in [-0.2, 0) is 9.53 Å². The molecule has 0 aliphatic carbocycles. The zero-order chi connectivity index (χ0) is 13.0. The van der Waals surface area contributed by atoms with Crippen LogP contribution in [0.3, 0.4) is 0 Å². The topological polar surface area (TPSA) is 58.6 Å². The molecule has 0 bridgehead atoms. The fourth-order valence-electron chi connectivity index (χ4n) is 1.98. The van der Waals surface area contributed by atoms with E-state index in [1.807, 2.05) is 23.3 Å². The van der Waals surface area contributed by atoms with Gasteiger partial charge < -0.3 is 15.0 Å². The third kappa shape index (κ3) is 2.70. The number of carbonyl (C=O) groups is 2. The summed E-state index contributed by atoms with van der Waals surface area (Å²) in [4.78, 5) is 25.3. The first-order valence-electron chi connectivity index (χ1n) is 5.92. The van der Waals surface area contributed by atoms with E-state index in [2.05, 4.69) is 5.32 Å². The Kier molecular flexibility index (Phi) is 4.33. The molecule has 5 nitrogen and oxygen atoms in total. The molecule has 1 saturated heterocycles. The van der Waals surface area contributed by atoms with E-state index in [9.17, 15) is 9.59 Å². The van der Waals surface area contributed by atoms with Crippen LogP contribution in [0.15, 0.2) is 11.4 Å². The fourth-order valence-corrected chi connectivity index (χ4v) is 2.68. The van der Waals surface area contributed by atoms with Crippen LogP contribution in [0.2, 0.25) is 0 Å². The van der Waals surface area contributed by atoms with E-state index in [-0.39, 0.29) is 11.9 Å². The van der Waals surface area contributed by atoms with Gasteiger partial charge in [0.1, 0.15) is 6.04 Å². The highest BCUT2D eigenvalue weighted by Crippen LogP contribution is 2.25. The Bertz CT molecular complexity index is 433. The average Bonchev–Trinajstić information content (AvgIpc) is 2.87. The number of nitrogens with zero attached hydrogens (tertiary/aromatic N) is 1. The van der Waals surface area contributed by atoms with Gasteiger partial charge >= 0.3 is 0 Å². The Morgan fingerprint density at radius 1 is 1.72 bits per heavy atom. The molecule has 1 amide bonds. The molecule has 98 valence electrons. The lowest BCUT2D eigenvalue weighted by Crippen LogP contribution is -2.53. The largest absolute Gasteiger partial charge is 0.377 e. The number of hydrogen-bond acceptors (Lipinski definition) is 5. The predicted molar refractivity (Wildman–Crippen MR) is 70.3 cm³/mol. The summed E-state index contributed by atoms with van der Waals surface area (Å²) in [5, 5.41) is 4.71. The Morgan fingerprint density at radius 2 is 2.56 bits per heavy atom. The van der Waals surface area contributed by atoms with Crippen LogP contribution in [0.4, 0.5) is 5.69 Å². The second kappa shape index (κ2) is 5.97. The minimum absolute atomic E-state index is 0.0314. The van der Waals surface area contributed by atoms with Crippen molar-refractivity contribution in [1.82, 2.24) is 5.32 Å². The number of morpholine rings is 1. The number of aldehydes is 1. The number of ether oxygens (including phenoxy) is 1. The van der Waals surface area contributed by atoms with E-state index in [1.165, 1.54) is 11.3 Å². The van der Waals surface area contributed by atoms with Crippen LogP contribution < -0.4 is 10.2 Å². The van der Waals surface area contributed by atoms with Crippen molar-refractivity contribution >= 4 is 29.2 Å². The molecule has 1 aliphatic heterocycles. The van der Waals surface area contributed by atoms with Gasteiger partial charge in [-0.2, -0.15) is 0 Å². The van der Waals surface area contributed by atoms with Gasteiger partial charge in [-0.25, -0.2) is 0 Å². The van der Waals surface area contributed by atoms with Crippen molar-refractivity contribution in [3.05, 3.63) is 16.3 Å². The van der Waals surface area contributed by atoms with Gasteiger partial charge in [0.15, 0.2) is 6.29 Å². The molecule has 1 fully saturated rings. The van der Waals surface area contributed by atoms with Crippen LogP contribution in [0.5, 0.6) is 0 Å². The van der Waals surface area contributed by atoms with Gasteiger partial charge in [-0.05, 0) is 13.0 Å². The highest BCUT2D eigenvalue weighted by Gasteiger charge is 2.29. The quantitative estimate of drug-likeness (QED) is 0.824. The number of thiophene rings is 1. The van der Waals surface area contributed by atoms with Crippen molar-refractivity contribution in [2.45, 2.75) is 13.0 Å². The summed E-state index contributed by atoms with van der Waals surface area (Å²) >= 11 is 1.39. The van der Waals surface area contributed by atoms with E-state index in [0.29, 0.717) is 31.2 Å². The van der Waals surface area contributed by atoms with Gasteiger partial charge in [0.05, 0.1) is 18.1 Å². The van der Waals surface area contributed by atoms with Gasteiger partial charge in [0.2, 0.25) is 5.91 Å². The third-order valence-electron chi connectivity index (χ3n) is 2.84. The molecule has 0 aromatic carbocycles. The van der Waals surface area contributed by atoms with Crippen molar-refractivity contribution in [1.29, 1.82) is 0 Å². The Morgan fingerprint density at radius 3 is 3.22 bits per heavy atom. The molecule has 6 heteroatoms. The maximum absolute atomic E-state index is 12.0. The van der Waals surface area contributed by atoms with E-state index >= 15 is 0 Å². The molecular formula is C12H16N2O3S. The molecule has 1 aromatic rings. The minimum atomic E-state index is -0.312. The molecular weight excluding hydrogens is 252 g/mol. The normalized spacial score (nSPS) is 19.6. The fraction of sp³-hybridized carbons (Fsp3) is 0.500. The second-order valence-electron chi connectivity index (χ2n) is 4.00. The predicted octanol–water partition coefficient (Wildman–Crippen LogP) is 0.902. The van der Waals surface area contributed by atoms with Gasteiger partial charge in [-0.3, -0.25) is 9.59 Å². The van der Waals surface area contributed by atoms with Gasteiger partial charge in [-0.15, -0.1) is 11.3 Å². The molecule has 0 radical (unpaired) electrons. The maximum atomic E-state index is 12.0. The molecule has 2 heterocycles. The van der Waals surface area contributed by atoms with Crippen molar-refractivity contribution in [3.63, 3.8) is 0 Å². The number of nitrogens with one attached hydrogen (secondary N) is 1. The number of rotatable bonds is 4. The average molecular weight is 268 g/mol. The van der Waals surface area contributed by atoms with Gasteiger partial charge in [0.25, 0.3) is 0 Å². The van der Waals surface area contributed by atoms with Crippen LogP contribution in [-0.4, -0.2) is 44.5 Å².